The molecule has 0 aliphatic rings. The van der Waals surface area contributed by atoms with Gasteiger partial charge in [-0.2, -0.15) is 0 Å². The van der Waals surface area contributed by atoms with Crippen LogP contribution in [-0.2, 0) is 11.3 Å². The van der Waals surface area contributed by atoms with Crippen LogP contribution in [0.5, 0.6) is 0 Å². The van der Waals surface area contributed by atoms with Crippen LogP contribution in [0.1, 0.15) is 36.5 Å². The maximum atomic E-state index is 11.7. The Bertz CT molecular complexity index is 365. The summed E-state index contributed by atoms with van der Waals surface area (Å²) in [6.07, 6.45) is 0.704. The van der Waals surface area contributed by atoms with Gasteiger partial charge in [0.2, 0.25) is 0 Å². The summed E-state index contributed by atoms with van der Waals surface area (Å²) in [6.45, 7) is 4.08. The van der Waals surface area contributed by atoms with Gasteiger partial charge in [0.1, 0.15) is 6.61 Å². The van der Waals surface area contributed by atoms with Gasteiger partial charge >= 0.3 is 0 Å². The summed E-state index contributed by atoms with van der Waals surface area (Å²) in [7, 11) is 1.55. The summed E-state index contributed by atoms with van der Waals surface area (Å²) in [4.78, 5) is 11.7. The Balaban J connectivity index is 2.51. The average molecular weight is 261 g/mol. The minimum atomic E-state index is -0.263. The third-order valence-corrected chi connectivity index (χ3v) is 2.31. The quantitative estimate of drug-likeness (QED) is 0.794. The smallest absolute Gasteiger partial charge is 0.273 e. The van der Waals surface area contributed by atoms with Gasteiger partial charge < -0.3 is 14.6 Å². The number of nitrogens with one attached hydrogen (secondary N) is 1. The summed E-state index contributed by atoms with van der Waals surface area (Å²) in [6, 6.07) is 1.56. The van der Waals surface area contributed by atoms with Gasteiger partial charge in [-0.25, -0.2) is 0 Å². The largest absolute Gasteiger partial charge is 0.377 e. The van der Waals surface area contributed by atoms with E-state index >= 15 is 0 Å². The van der Waals surface area contributed by atoms with Crippen LogP contribution in [-0.4, -0.2) is 29.6 Å². The molecular weight excluding hydrogens is 244 g/mol. The molecule has 0 aliphatic carbocycles. The molecule has 1 heterocycles. The van der Waals surface area contributed by atoms with Gasteiger partial charge in [0.15, 0.2) is 11.5 Å². The van der Waals surface area contributed by atoms with Gasteiger partial charge in [0, 0.05) is 24.6 Å². The second-order valence-electron chi connectivity index (χ2n) is 4.00. The van der Waals surface area contributed by atoms with Crippen molar-refractivity contribution in [2.75, 3.05) is 7.11 Å². The van der Waals surface area contributed by atoms with Crippen molar-refractivity contribution in [2.45, 2.75) is 38.3 Å². The van der Waals surface area contributed by atoms with Crippen LogP contribution >= 0.6 is 11.6 Å². The fourth-order valence-electron chi connectivity index (χ4n) is 1.47. The van der Waals surface area contributed by atoms with Gasteiger partial charge in [-0.15, -0.1) is 11.6 Å². The first-order valence-electron chi connectivity index (χ1n) is 5.42. The zero-order chi connectivity index (χ0) is 12.8. The highest BCUT2D eigenvalue weighted by Crippen LogP contribution is 2.07. The molecule has 5 nitrogen and oxygen atoms in total. The second-order valence-corrected chi connectivity index (χ2v) is 4.75. The van der Waals surface area contributed by atoms with Crippen LogP contribution in [0.15, 0.2) is 10.6 Å². The van der Waals surface area contributed by atoms with E-state index in [2.05, 4.69) is 10.5 Å². The Morgan fingerprint density at radius 1 is 1.65 bits per heavy atom. The van der Waals surface area contributed by atoms with E-state index in [0.717, 1.165) is 0 Å². The lowest BCUT2D eigenvalue weighted by atomic mass is 10.2. The van der Waals surface area contributed by atoms with Crippen LogP contribution in [0, 0.1) is 0 Å². The molecule has 0 radical (unpaired) electrons. The van der Waals surface area contributed by atoms with Crippen LogP contribution in [0.4, 0.5) is 0 Å². The SMILES string of the molecule is COCc1cc(C(=O)NC(C)CC(C)Cl)no1. The van der Waals surface area contributed by atoms with Crippen molar-refractivity contribution in [2.24, 2.45) is 0 Å². The molecule has 6 heteroatoms. The standard InChI is InChI=1S/C11H17ClN2O3/c1-7(12)4-8(2)13-11(15)10-5-9(6-16-3)17-14-10/h5,7-8H,4,6H2,1-3H3,(H,13,15). The number of ether oxygens (including phenoxy) is 1. The lowest BCUT2D eigenvalue weighted by molar-refractivity contribution is 0.0928. The summed E-state index contributed by atoms with van der Waals surface area (Å²) < 4.78 is 9.80. The predicted molar refractivity (Wildman–Crippen MR) is 64.1 cm³/mol. The van der Waals surface area contributed by atoms with E-state index in [1.807, 2.05) is 13.8 Å². The highest BCUT2D eigenvalue weighted by Gasteiger charge is 2.15. The molecule has 96 valence electrons. The molecular formula is C11H17ClN2O3. The molecule has 2 atom stereocenters. The Kier molecular flexibility index (Phi) is 5.44. The van der Waals surface area contributed by atoms with Gasteiger partial charge in [-0.3, -0.25) is 4.79 Å². The first kappa shape index (κ1) is 14.0. The number of hydrogen-bond donors (Lipinski definition) is 1. The van der Waals surface area contributed by atoms with E-state index in [4.69, 9.17) is 20.9 Å². The highest BCUT2D eigenvalue weighted by molar-refractivity contribution is 6.20. The van der Waals surface area contributed by atoms with E-state index in [9.17, 15) is 4.79 Å². The number of aromatic nitrogens is 1. The van der Waals surface area contributed by atoms with Crippen molar-refractivity contribution in [1.29, 1.82) is 0 Å². The number of amides is 1. The Morgan fingerprint density at radius 2 is 2.35 bits per heavy atom. The van der Waals surface area contributed by atoms with Gasteiger partial charge in [-0.05, 0) is 20.3 Å². The normalized spacial score (nSPS) is 14.4. The number of hydrogen-bond acceptors (Lipinski definition) is 4. The Morgan fingerprint density at radius 3 is 2.94 bits per heavy atom. The zero-order valence-corrected chi connectivity index (χ0v) is 11.0. The summed E-state index contributed by atoms with van der Waals surface area (Å²) in [5, 5.41) is 6.48. The number of methoxy groups -OCH3 is 1. The average Bonchev–Trinajstić information content (AvgIpc) is 2.65. The molecule has 1 rings (SSSR count). The maximum absolute atomic E-state index is 11.7. The minimum Gasteiger partial charge on any atom is -0.377 e. The fourth-order valence-corrected chi connectivity index (χ4v) is 1.74. The van der Waals surface area contributed by atoms with Crippen LogP contribution in [0.25, 0.3) is 0 Å². The molecule has 0 aliphatic heterocycles. The Hall–Kier alpha value is -1.07. The molecule has 1 aromatic rings. The maximum Gasteiger partial charge on any atom is 0.273 e. The highest BCUT2D eigenvalue weighted by atomic mass is 35.5. The number of carbonyl (C=O) groups excluding carboxylic acids is 1. The van der Waals surface area contributed by atoms with Crippen molar-refractivity contribution >= 4 is 17.5 Å². The number of alkyl halides is 1. The molecule has 0 saturated heterocycles. The minimum absolute atomic E-state index is 0.00225. The van der Waals surface area contributed by atoms with Gasteiger partial charge in [0.25, 0.3) is 5.91 Å². The number of rotatable bonds is 6. The molecule has 0 aromatic carbocycles. The van der Waals surface area contributed by atoms with Crippen molar-refractivity contribution < 1.29 is 14.1 Å². The van der Waals surface area contributed by atoms with E-state index in [0.29, 0.717) is 18.8 Å². The topological polar surface area (TPSA) is 64.4 Å². The van der Waals surface area contributed by atoms with Crippen LogP contribution in [0.3, 0.4) is 0 Å². The zero-order valence-electron chi connectivity index (χ0n) is 10.2. The number of nitrogens with zero attached hydrogens (tertiary/aromatic N) is 1. The van der Waals surface area contributed by atoms with Crippen LogP contribution < -0.4 is 5.32 Å². The number of carbonyl (C=O) groups is 1. The molecule has 1 amide bonds. The summed E-state index contributed by atoms with van der Waals surface area (Å²) in [5.41, 5.74) is 0.256. The fraction of sp³-hybridized carbons (Fsp3) is 0.636. The van der Waals surface area contributed by atoms with Crippen LogP contribution in [0.2, 0.25) is 0 Å². The van der Waals surface area contributed by atoms with E-state index < -0.39 is 0 Å². The lowest BCUT2D eigenvalue weighted by Gasteiger charge is -2.13. The Labute approximate surface area is 105 Å². The van der Waals surface area contributed by atoms with Gasteiger partial charge in [0.05, 0.1) is 0 Å². The third kappa shape index (κ3) is 4.75. The summed E-state index contributed by atoms with van der Waals surface area (Å²) >= 11 is 5.85. The lowest BCUT2D eigenvalue weighted by Crippen LogP contribution is -2.34. The monoisotopic (exact) mass is 260 g/mol. The van der Waals surface area contributed by atoms with Crippen molar-refractivity contribution in [1.82, 2.24) is 10.5 Å². The van der Waals surface area contributed by atoms with Crippen molar-refractivity contribution in [3.63, 3.8) is 0 Å². The molecule has 0 spiro atoms. The first-order chi connectivity index (χ1) is 8.02. The molecule has 0 bridgehead atoms. The van der Waals surface area contributed by atoms with E-state index in [1.165, 1.54) is 0 Å². The summed E-state index contributed by atoms with van der Waals surface area (Å²) in [5.74, 6) is 0.261. The second kappa shape index (κ2) is 6.61. The van der Waals surface area contributed by atoms with E-state index in [1.54, 1.807) is 13.2 Å². The molecule has 0 saturated carbocycles. The molecule has 1 N–H and O–H groups in total. The van der Waals surface area contributed by atoms with E-state index in [-0.39, 0.29) is 23.0 Å². The molecule has 1 aromatic heterocycles. The number of halogens is 1. The van der Waals surface area contributed by atoms with Gasteiger partial charge in [-0.1, -0.05) is 5.16 Å². The third-order valence-electron chi connectivity index (χ3n) is 2.13. The predicted octanol–water partition coefficient (Wildman–Crippen LogP) is 1.96. The van der Waals surface area contributed by atoms with Crippen molar-refractivity contribution in [3.8, 4) is 0 Å². The molecule has 0 fully saturated rings. The molecule has 2 unspecified atom stereocenters. The molecule has 17 heavy (non-hydrogen) atoms. The van der Waals surface area contributed by atoms with Crippen molar-refractivity contribution in [3.05, 3.63) is 17.5 Å². The first-order valence-corrected chi connectivity index (χ1v) is 5.86.